The summed E-state index contributed by atoms with van der Waals surface area (Å²) in [5.74, 6) is 0.675. The lowest BCUT2D eigenvalue weighted by Gasteiger charge is -2.28. The molecule has 0 bridgehead atoms. The van der Waals surface area contributed by atoms with Crippen molar-refractivity contribution in [1.82, 2.24) is 4.98 Å². The van der Waals surface area contributed by atoms with Crippen molar-refractivity contribution in [2.45, 2.75) is 23.6 Å². The number of carbonyl (C=O) groups is 1. The summed E-state index contributed by atoms with van der Waals surface area (Å²) in [6.07, 6.45) is 5.11. The molecule has 0 unspecified atom stereocenters. The summed E-state index contributed by atoms with van der Waals surface area (Å²) < 4.78 is 5.43. The third kappa shape index (κ3) is 6.37. The predicted molar refractivity (Wildman–Crippen MR) is 136 cm³/mol. The van der Waals surface area contributed by atoms with Crippen LogP contribution in [0.2, 0.25) is 0 Å². The average molecular weight is 461 g/mol. The van der Waals surface area contributed by atoms with Gasteiger partial charge in [0, 0.05) is 46.1 Å². The van der Waals surface area contributed by atoms with E-state index in [1.54, 1.807) is 17.8 Å². The van der Waals surface area contributed by atoms with E-state index >= 15 is 0 Å². The molecule has 7 heteroatoms. The number of allylic oxidation sites excluding steroid dienone is 1. The second-order valence-corrected chi connectivity index (χ2v) is 8.84. The zero-order chi connectivity index (χ0) is 23.0. The summed E-state index contributed by atoms with van der Waals surface area (Å²) in [6, 6.07) is 18.3. The van der Waals surface area contributed by atoms with Crippen molar-refractivity contribution < 1.29 is 9.53 Å². The number of benzene rings is 2. The van der Waals surface area contributed by atoms with Crippen molar-refractivity contribution in [1.29, 1.82) is 0 Å². The number of morpholine rings is 1. The second kappa shape index (κ2) is 11.0. The number of amides is 1. The highest BCUT2D eigenvalue weighted by Gasteiger charge is 2.11. The Kier molecular flexibility index (Phi) is 7.65. The van der Waals surface area contributed by atoms with Crippen LogP contribution >= 0.6 is 11.8 Å². The Morgan fingerprint density at radius 3 is 2.45 bits per heavy atom. The van der Waals surface area contributed by atoms with Gasteiger partial charge in [-0.25, -0.2) is 4.98 Å². The van der Waals surface area contributed by atoms with E-state index in [0.29, 0.717) is 0 Å². The number of hydrogen-bond donors (Lipinski definition) is 2. The fourth-order valence-corrected chi connectivity index (χ4v) is 4.39. The van der Waals surface area contributed by atoms with Gasteiger partial charge < -0.3 is 20.3 Å². The number of pyridine rings is 1. The minimum atomic E-state index is -0.128. The fraction of sp³-hybridized carbons (Fsp3) is 0.231. The first-order valence-electron chi connectivity index (χ1n) is 11.0. The SMILES string of the molecule is CC=CC(=O)Nc1ccc(Sc2cc(Nc3ccc(N4CCOCC4)cc3)ncc2C)cc1. The van der Waals surface area contributed by atoms with E-state index < -0.39 is 0 Å². The van der Waals surface area contributed by atoms with E-state index in [1.807, 2.05) is 37.4 Å². The summed E-state index contributed by atoms with van der Waals surface area (Å²) in [6.45, 7) is 7.29. The molecule has 3 aromatic rings. The monoisotopic (exact) mass is 460 g/mol. The minimum absolute atomic E-state index is 0.128. The molecule has 1 saturated heterocycles. The first kappa shape index (κ1) is 22.9. The van der Waals surface area contributed by atoms with Crippen molar-refractivity contribution in [3.05, 3.63) is 78.5 Å². The Labute approximate surface area is 199 Å². The van der Waals surface area contributed by atoms with Crippen LogP contribution < -0.4 is 15.5 Å². The van der Waals surface area contributed by atoms with E-state index in [2.05, 4.69) is 57.8 Å². The van der Waals surface area contributed by atoms with Crippen LogP contribution in [-0.2, 0) is 9.53 Å². The van der Waals surface area contributed by atoms with E-state index in [9.17, 15) is 4.79 Å². The van der Waals surface area contributed by atoms with Gasteiger partial charge in [-0.1, -0.05) is 17.8 Å². The smallest absolute Gasteiger partial charge is 0.248 e. The van der Waals surface area contributed by atoms with Crippen molar-refractivity contribution in [2.24, 2.45) is 0 Å². The van der Waals surface area contributed by atoms with Crippen LogP contribution in [0.3, 0.4) is 0 Å². The molecule has 2 heterocycles. The zero-order valence-electron chi connectivity index (χ0n) is 18.9. The fourth-order valence-electron chi connectivity index (χ4n) is 3.48. The van der Waals surface area contributed by atoms with Gasteiger partial charge in [0.15, 0.2) is 0 Å². The van der Waals surface area contributed by atoms with Gasteiger partial charge in [-0.05, 0) is 80.1 Å². The molecular formula is C26H28N4O2S. The topological polar surface area (TPSA) is 66.5 Å². The van der Waals surface area contributed by atoms with Crippen molar-refractivity contribution in [3.63, 3.8) is 0 Å². The lowest BCUT2D eigenvalue weighted by atomic mass is 10.2. The highest BCUT2D eigenvalue weighted by atomic mass is 32.2. The molecule has 4 rings (SSSR count). The van der Waals surface area contributed by atoms with Gasteiger partial charge in [-0.15, -0.1) is 0 Å². The normalized spacial score (nSPS) is 13.8. The van der Waals surface area contributed by atoms with E-state index in [-0.39, 0.29) is 5.91 Å². The maximum Gasteiger partial charge on any atom is 0.248 e. The first-order valence-corrected chi connectivity index (χ1v) is 11.8. The lowest BCUT2D eigenvalue weighted by molar-refractivity contribution is -0.111. The number of ether oxygens (including phenoxy) is 1. The molecule has 0 radical (unpaired) electrons. The number of aromatic nitrogens is 1. The van der Waals surface area contributed by atoms with Crippen molar-refractivity contribution in [2.75, 3.05) is 41.8 Å². The molecule has 1 aromatic heterocycles. The van der Waals surface area contributed by atoms with Crippen LogP contribution in [0.5, 0.6) is 0 Å². The Balaban J connectivity index is 1.41. The first-order chi connectivity index (χ1) is 16.1. The van der Waals surface area contributed by atoms with Crippen LogP contribution in [0.4, 0.5) is 22.9 Å². The van der Waals surface area contributed by atoms with E-state index in [0.717, 1.165) is 58.9 Å². The van der Waals surface area contributed by atoms with Gasteiger partial charge >= 0.3 is 0 Å². The van der Waals surface area contributed by atoms with E-state index in [4.69, 9.17) is 4.74 Å². The third-order valence-electron chi connectivity index (χ3n) is 5.24. The molecule has 1 aliphatic rings. The number of hydrogen-bond acceptors (Lipinski definition) is 6. The predicted octanol–water partition coefficient (Wildman–Crippen LogP) is 5.64. The average Bonchev–Trinajstić information content (AvgIpc) is 2.84. The number of carbonyl (C=O) groups excluding carboxylic acids is 1. The van der Waals surface area contributed by atoms with Crippen molar-refractivity contribution in [3.8, 4) is 0 Å². The summed E-state index contributed by atoms with van der Waals surface area (Å²) in [5, 5.41) is 6.25. The summed E-state index contributed by atoms with van der Waals surface area (Å²) >= 11 is 1.67. The number of nitrogens with one attached hydrogen (secondary N) is 2. The Morgan fingerprint density at radius 1 is 1.06 bits per heavy atom. The molecule has 6 nitrogen and oxygen atoms in total. The van der Waals surface area contributed by atoms with Crippen LogP contribution in [0, 0.1) is 6.92 Å². The molecule has 0 spiro atoms. The summed E-state index contributed by atoms with van der Waals surface area (Å²) in [5.41, 5.74) is 4.10. The number of anilines is 4. The molecule has 1 amide bonds. The van der Waals surface area contributed by atoms with Crippen LogP contribution in [0.1, 0.15) is 12.5 Å². The summed E-state index contributed by atoms with van der Waals surface area (Å²) in [4.78, 5) is 20.8. The molecular weight excluding hydrogens is 432 g/mol. The highest BCUT2D eigenvalue weighted by molar-refractivity contribution is 7.99. The number of aryl methyl sites for hydroxylation is 1. The van der Waals surface area contributed by atoms with Gasteiger partial charge in [0.05, 0.1) is 13.2 Å². The van der Waals surface area contributed by atoms with Gasteiger partial charge in [0.25, 0.3) is 0 Å². The largest absolute Gasteiger partial charge is 0.378 e. The van der Waals surface area contributed by atoms with Crippen molar-refractivity contribution >= 4 is 40.5 Å². The second-order valence-electron chi connectivity index (χ2n) is 7.72. The maximum atomic E-state index is 11.7. The van der Waals surface area contributed by atoms with Crippen LogP contribution in [-0.4, -0.2) is 37.2 Å². The molecule has 0 atom stereocenters. The summed E-state index contributed by atoms with van der Waals surface area (Å²) in [7, 11) is 0. The quantitative estimate of drug-likeness (QED) is 0.445. The molecule has 0 saturated carbocycles. The maximum absolute atomic E-state index is 11.7. The highest BCUT2D eigenvalue weighted by Crippen LogP contribution is 2.33. The van der Waals surface area contributed by atoms with Gasteiger partial charge in [-0.3, -0.25) is 4.79 Å². The van der Waals surface area contributed by atoms with Crippen LogP contribution in [0.25, 0.3) is 0 Å². The zero-order valence-corrected chi connectivity index (χ0v) is 19.7. The Bertz CT molecular complexity index is 1110. The third-order valence-corrected chi connectivity index (χ3v) is 6.41. The molecule has 1 aliphatic heterocycles. The molecule has 1 fully saturated rings. The van der Waals surface area contributed by atoms with Gasteiger partial charge in [0.1, 0.15) is 5.82 Å². The number of nitrogens with zero attached hydrogens (tertiary/aromatic N) is 2. The number of rotatable bonds is 7. The van der Waals surface area contributed by atoms with Gasteiger partial charge in [0.2, 0.25) is 5.91 Å². The molecule has 0 aliphatic carbocycles. The lowest BCUT2D eigenvalue weighted by Crippen LogP contribution is -2.36. The molecule has 170 valence electrons. The van der Waals surface area contributed by atoms with E-state index in [1.165, 1.54) is 11.8 Å². The Hall–Kier alpha value is -3.29. The minimum Gasteiger partial charge on any atom is -0.378 e. The molecule has 2 aromatic carbocycles. The van der Waals surface area contributed by atoms with Crippen LogP contribution in [0.15, 0.2) is 82.7 Å². The van der Waals surface area contributed by atoms with Gasteiger partial charge in [-0.2, -0.15) is 0 Å². The standard InChI is InChI=1S/C26H28N4O2S/c1-3-4-26(31)29-21-7-11-23(12-8-21)33-24-17-25(27-18-19(24)2)28-20-5-9-22(10-6-20)30-13-15-32-16-14-30/h3-12,17-18H,13-16H2,1-2H3,(H,27,28)(H,29,31). The Morgan fingerprint density at radius 2 is 1.76 bits per heavy atom. The molecule has 33 heavy (non-hydrogen) atoms. The molecule has 2 N–H and O–H groups in total.